The predicted molar refractivity (Wildman–Crippen MR) is 123 cm³/mol. The first kappa shape index (κ1) is 20.0. The number of fused-ring (bicyclic) bond motifs is 1. The first-order valence-corrected chi connectivity index (χ1v) is 10.3. The highest BCUT2D eigenvalue weighted by Gasteiger charge is 2.21. The van der Waals surface area contributed by atoms with Gasteiger partial charge in [-0.1, -0.05) is 76.6 Å². The lowest BCUT2D eigenvalue weighted by Gasteiger charge is -2.24. The van der Waals surface area contributed by atoms with Gasteiger partial charge < -0.3 is 9.84 Å². The summed E-state index contributed by atoms with van der Waals surface area (Å²) in [7, 11) is 0. The summed E-state index contributed by atoms with van der Waals surface area (Å²) in [5.74, 6) is 0.145. The van der Waals surface area contributed by atoms with E-state index in [1.807, 2.05) is 84.9 Å². The van der Waals surface area contributed by atoms with Crippen molar-refractivity contribution in [1.82, 2.24) is 0 Å². The van der Waals surface area contributed by atoms with E-state index in [4.69, 9.17) is 4.74 Å². The van der Waals surface area contributed by atoms with Crippen molar-refractivity contribution in [1.29, 1.82) is 0 Å². The largest absolute Gasteiger partial charge is 0.508 e. The molecule has 0 fully saturated rings. The number of nitrogens with zero attached hydrogens (tertiary/aromatic N) is 1. The average molecular weight is 462 g/mol. The number of ether oxygens (including phenoxy) is 1. The minimum atomic E-state index is -0.478. The third-order valence-electron chi connectivity index (χ3n) is 4.90. The summed E-state index contributed by atoms with van der Waals surface area (Å²) in [6.45, 7) is 0.358. The number of phenolic OH excluding ortho intramolecular Hbond substituents is 1. The molecule has 0 aliphatic heterocycles. The van der Waals surface area contributed by atoms with Crippen LogP contribution in [0.5, 0.6) is 5.75 Å². The van der Waals surface area contributed by atoms with Gasteiger partial charge in [0.2, 0.25) is 0 Å². The number of rotatable bonds is 5. The van der Waals surface area contributed by atoms with E-state index < -0.39 is 6.09 Å². The van der Waals surface area contributed by atoms with Crippen molar-refractivity contribution < 1.29 is 14.6 Å². The molecule has 0 radical (unpaired) electrons. The fourth-order valence-electron chi connectivity index (χ4n) is 3.33. The Hall–Kier alpha value is -3.31. The summed E-state index contributed by atoms with van der Waals surface area (Å²) in [5, 5.41) is 12.4. The quantitative estimate of drug-likeness (QED) is 0.361. The molecule has 0 bridgehead atoms. The molecule has 0 saturated carbocycles. The highest BCUT2D eigenvalue weighted by Crippen LogP contribution is 2.31. The van der Waals surface area contributed by atoms with Crippen LogP contribution >= 0.6 is 15.9 Å². The third-order valence-corrected chi connectivity index (χ3v) is 5.42. The van der Waals surface area contributed by atoms with Crippen molar-refractivity contribution in [3.05, 3.63) is 107 Å². The molecule has 4 aromatic rings. The summed E-state index contributed by atoms with van der Waals surface area (Å²) < 4.78 is 6.51. The monoisotopic (exact) mass is 461 g/mol. The van der Waals surface area contributed by atoms with Crippen LogP contribution in [0, 0.1) is 0 Å². The predicted octanol–water partition coefficient (Wildman–Crippen LogP) is 6.65. The van der Waals surface area contributed by atoms with Crippen molar-refractivity contribution in [3.63, 3.8) is 0 Å². The molecule has 0 unspecified atom stereocenters. The van der Waals surface area contributed by atoms with Crippen LogP contribution in [0.15, 0.2) is 95.5 Å². The minimum Gasteiger partial charge on any atom is -0.508 e. The van der Waals surface area contributed by atoms with Gasteiger partial charge in [-0.3, -0.25) is 4.90 Å². The molecule has 0 atom stereocenters. The second-order valence-corrected chi connectivity index (χ2v) is 7.80. The molecule has 4 rings (SSSR count). The van der Waals surface area contributed by atoms with Gasteiger partial charge in [-0.25, -0.2) is 4.79 Å². The van der Waals surface area contributed by atoms with E-state index in [2.05, 4.69) is 15.9 Å². The maximum absolute atomic E-state index is 13.1. The Labute approximate surface area is 183 Å². The molecule has 0 saturated heterocycles. The Morgan fingerprint density at radius 3 is 2.33 bits per heavy atom. The lowest BCUT2D eigenvalue weighted by molar-refractivity contribution is 0.146. The van der Waals surface area contributed by atoms with Crippen LogP contribution in [-0.2, 0) is 17.9 Å². The van der Waals surface area contributed by atoms with Crippen molar-refractivity contribution in [2.45, 2.75) is 13.2 Å². The van der Waals surface area contributed by atoms with Crippen LogP contribution in [-0.4, -0.2) is 11.2 Å². The summed E-state index contributed by atoms with van der Waals surface area (Å²) in [5.41, 5.74) is 2.27. The van der Waals surface area contributed by atoms with Gasteiger partial charge in [0.25, 0.3) is 0 Å². The van der Waals surface area contributed by atoms with Gasteiger partial charge in [0.15, 0.2) is 0 Å². The first-order valence-electron chi connectivity index (χ1n) is 9.55. The van der Waals surface area contributed by atoms with Crippen LogP contribution in [0.1, 0.15) is 11.1 Å². The van der Waals surface area contributed by atoms with Crippen molar-refractivity contribution in [2.75, 3.05) is 4.90 Å². The Kier molecular flexibility index (Phi) is 6.00. The third kappa shape index (κ3) is 4.47. The highest BCUT2D eigenvalue weighted by atomic mass is 79.9. The number of hydrogen-bond acceptors (Lipinski definition) is 3. The van der Waals surface area contributed by atoms with E-state index in [0.29, 0.717) is 11.3 Å². The number of benzene rings is 4. The first-order chi connectivity index (χ1) is 14.6. The number of aromatic hydroxyl groups is 1. The summed E-state index contributed by atoms with van der Waals surface area (Å²) in [6.07, 6.45) is -0.478. The molecule has 0 aliphatic rings. The van der Waals surface area contributed by atoms with E-state index in [1.165, 1.54) is 4.90 Å². The van der Waals surface area contributed by atoms with E-state index >= 15 is 0 Å². The number of anilines is 1. The van der Waals surface area contributed by atoms with Crippen LogP contribution < -0.4 is 4.90 Å². The molecule has 0 aromatic heterocycles. The fourth-order valence-corrected chi connectivity index (χ4v) is 3.59. The normalized spacial score (nSPS) is 10.7. The van der Waals surface area contributed by atoms with Crippen molar-refractivity contribution >= 4 is 38.5 Å². The van der Waals surface area contributed by atoms with E-state index in [1.54, 1.807) is 6.07 Å². The van der Waals surface area contributed by atoms with E-state index in [0.717, 1.165) is 20.8 Å². The van der Waals surface area contributed by atoms with Gasteiger partial charge in [-0.05, 0) is 46.7 Å². The topological polar surface area (TPSA) is 49.8 Å². The smallest absolute Gasteiger partial charge is 0.414 e. The number of phenols is 1. The Morgan fingerprint density at radius 2 is 1.57 bits per heavy atom. The Bertz CT molecular complexity index is 1160. The van der Waals surface area contributed by atoms with Gasteiger partial charge in [0, 0.05) is 15.7 Å². The lowest BCUT2D eigenvalue weighted by atomic mass is 10.0. The number of hydrogen-bond donors (Lipinski definition) is 1. The molecule has 4 aromatic carbocycles. The maximum atomic E-state index is 13.1. The maximum Gasteiger partial charge on any atom is 0.414 e. The number of carbonyl (C=O) groups excluding carboxylic acids is 1. The summed E-state index contributed by atoms with van der Waals surface area (Å²) in [4.78, 5) is 14.6. The molecule has 0 aliphatic carbocycles. The van der Waals surface area contributed by atoms with E-state index in [-0.39, 0.29) is 18.9 Å². The second-order valence-electron chi connectivity index (χ2n) is 6.89. The van der Waals surface area contributed by atoms with Crippen molar-refractivity contribution in [3.8, 4) is 5.75 Å². The van der Waals surface area contributed by atoms with Gasteiger partial charge >= 0.3 is 6.09 Å². The van der Waals surface area contributed by atoms with Crippen molar-refractivity contribution in [2.24, 2.45) is 0 Å². The summed E-state index contributed by atoms with van der Waals surface area (Å²) in [6, 6.07) is 28.3. The van der Waals surface area contributed by atoms with Crippen LogP contribution in [0.4, 0.5) is 10.5 Å². The van der Waals surface area contributed by atoms with E-state index in [9.17, 15) is 9.90 Å². The van der Waals surface area contributed by atoms with Crippen LogP contribution in [0.25, 0.3) is 10.8 Å². The number of carbonyl (C=O) groups is 1. The molecule has 4 nitrogen and oxygen atoms in total. The summed E-state index contributed by atoms with van der Waals surface area (Å²) >= 11 is 3.43. The molecule has 0 spiro atoms. The van der Waals surface area contributed by atoms with Crippen LogP contribution in [0.2, 0.25) is 0 Å². The molecule has 0 heterocycles. The molecule has 5 heteroatoms. The zero-order valence-corrected chi connectivity index (χ0v) is 17.7. The van der Waals surface area contributed by atoms with Crippen LogP contribution in [0.3, 0.4) is 0 Å². The average Bonchev–Trinajstić information content (AvgIpc) is 2.78. The molecule has 30 heavy (non-hydrogen) atoms. The fraction of sp³-hybridized carbons (Fsp3) is 0.0800. The standard InChI is InChI=1S/C25H20BrNO3/c26-20-11-13-21(14-12-20)27(25(29)30-17-18-6-2-1-3-7-18)16-23-22-9-5-4-8-19(22)10-15-24(23)28/h1-15,28H,16-17H2. The molecule has 1 amide bonds. The second kappa shape index (κ2) is 9.01. The van der Waals surface area contributed by atoms with Gasteiger partial charge in [-0.2, -0.15) is 0 Å². The number of amides is 1. The van der Waals surface area contributed by atoms with Gasteiger partial charge in [0.05, 0.1) is 6.54 Å². The SMILES string of the molecule is O=C(OCc1ccccc1)N(Cc1c(O)ccc2ccccc12)c1ccc(Br)cc1. The Balaban J connectivity index is 1.67. The van der Waals surface area contributed by atoms with Gasteiger partial charge in [-0.15, -0.1) is 0 Å². The zero-order valence-electron chi connectivity index (χ0n) is 16.2. The molecular weight excluding hydrogens is 442 g/mol. The number of halogens is 1. The molecule has 1 N–H and O–H groups in total. The highest BCUT2D eigenvalue weighted by molar-refractivity contribution is 9.10. The Morgan fingerprint density at radius 1 is 0.867 bits per heavy atom. The molecule has 150 valence electrons. The lowest BCUT2D eigenvalue weighted by Crippen LogP contribution is -2.31. The minimum absolute atomic E-state index is 0.145. The molecular formula is C25H20BrNO3. The zero-order chi connectivity index (χ0) is 20.9. The van der Waals surface area contributed by atoms with Gasteiger partial charge in [0.1, 0.15) is 12.4 Å².